The third-order valence-electron chi connectivity index (χ3n) is 5.25. The van der Waals surface area contributed by atoms with Gasteiger partial charge in [-0.15, -0.1) is 0 Å². The number of nitrogens with zero attached hydrogens (tertiary/aromatic N) is 1. The Bertz CT molecular complexity index is 1370. The fourth-order valence-electron chi connectivity index (χ4n) is 3.33. The van der Waals surface area contributed by atoms with E-state index in [1.165, 1.54) is 35.2 Å². The first-order valence-electron chi connectivity index (χ1n) is 10.8. The molecule has 0 heterocycles. The number of alkyl halides is 6. The van der Waals surface area contributed by atoms with Gasteiger partial charge in [0, 0.05) is 18.2 Å². The van der Waals surface area contributed by atoms with Gasteiger partial charge in [-0.05, 0) is 67.9 Å². The van der Waals surface area contributed by atoms with Crippen molar-refractivity contribution in [3.05, 3.63) is 95.1 Å². The highest BCUT2D eigenvalue weighted by Crippen LogP contribution is 2.32. The summed E-state index contributed by atoms with van der Waals surface area (Å²) in [5, 5.41) is 0. The SMILES string of the molecule is CC(C)N(Cc1ccc(OS(=O)(=O)c2cccc(C(F)(F)F)c2)cc1)C(=O)c1cccc(C(F)(F)F)c1. The maximum Gasteiger partial charge on any atom is 0.416 e. The standard InChI is InChI=1S/C25H21F6NO4S/c1-16(2)32(23(33)18-5-3-6-19(13-18)24(26,27)28)15-17-9-11-21(12-10-17)36-37(34,35)22-8-4-7-20(14-22)25(29,30)31/h3-14,16H,15H2,1-2H3. The summed E-state index contributed by atoms with van der Waals surface area (Å²) in [6.45, 7) is 3.36. The number of carbonyl (C=O) groups is 1. The molecule has 0 radical (unpaired) electrons. The molecule has 0 aliphatic heterocycles. The monoisotopic (exact) mass is 545 g/mol. The zero-order valence-electron chi connectivity index (χ0n) is 19.5. The molecule has 1 amide bonds. The molecule has 0 N–H and O–H groups in total. The van der Waals surface area contributed by atoms with Crippen LogP contribution in [0, 0.1) is 0 Å². The Morgan fingerprint density at radius 2 is 1.38 bits per heavy atom. The van der Waals surface area contributed by atoms with Crippen LogP contribution in [-0.2, 0) is 29.0 Å². The van der Waals surface area contributed by atoms with E-state index in [2.05, 4.69) is 0 Å². The Morgan fingerprint density at radius 3 is 1.92 bits per heavy atom. The molecule has 3 aromatic carbocycles. The van der Waals surface area contributed by atoms with E-state index in [1.807, 2.05) is 0 Å². The van der Waals surface area contributed by atoms with Gasteiger partial charge >= 0.3 is 22.5 Å². The summed E-state index contributed by atoms with van der Waals surface area (Å²) in [5.74, 6) is -0.810. The second-order valence-corrected chi connectivity index (χ2v) is 9.86. The van der Waals surface area contributed by atoms with Gasteiger partial charge in [0.25, 0.3) is 5.91 Å². The topological polar surface area (TPSA) is 63.7 Å². The summed E-state index contributed by atoms with van der Waals surface area (Å²) in [6.07, 6.45) is -9.34. The molecule has 198 valence electrons. The second kappa shape index (κ2) is 10.4. The third kappa shape index (κ3) is 7.03. The van der Waals surface area contributed by atoms with Crippen LogP contribution in [0.2, 0.25) is 0 Å². The molecular weight excluding hydrogens is 524 g/mol. The number of benzene rings is 3. The van der Waals surface area contributed by atoms with Crippen molar-refractivity contribution in [2.45, 2.75) is 43.7 Å². The normalized spacial score (nSPS) is 12.5. The molecule has 0 atom stereocenters. The zero-order valence-corrected chi connectivity index (χ0v) is 20.3. The minimum absolute atomic E-state index is 0.00654. The van der Waals surface area contributed by atoms with E-state index >= 15 is 0 Å². The smallest absolute Gasteiger partial charge is 0.379 e. The predicted molar refractivity (Wildman–Crippen MR) is 122 cm³/mol. The van der Waals surface area contributed by atoms with E-state index in [4.69, 9.17) is 4.18 Å². The lowest BCUT2D eigenvalue weighted by molar-refractivity contribution is -0.138. The van der Waals surface area contributed by atoms with Gasteiger partial charge in [-0.25, -0.2) is 0 Å². The van der Waals surface area contributed by atoms with Gasteiger partial charge in [-0.1, -0.05) is 24.3 Å². The molecule has 0 fully saturated rings. The maximum absolute atomic E-state index is 13.0. The summed E-state index contributed by atoms with van der Waals surface area (Å²) in [4.78, 5) is 13.6. The molecule has 0 saturated heterocycles. The first-order chi connectivity index (χ1) is 17.1. The molecule has 12 heteroatoms. The molecule has 0 aliphatic rings. The van der Waals surface area contributed by atoms with Crippen LogP contribution in [0.3, 0.4) is 0 Å². The van der Waals surface area contributed by atoms with Crippen molar-refractivity contribution in [1.29, 1.82) is 0 Å². The van der Waals surface area contributed by atoms with Crippen LogP contribution in [0.4, 0.5) is 26.3 Å². The van der Waals surface area contributed by atoms with E-state index in [-0.39, 0.29) is 23.9 Å². The van der Waals surface area contributed by atoms with Crippen LogP contribution < -0.4 is 4.18 Å². The van der Waals surface area contributed by atoms with Gasteiger partial charge in [-0.3, -0.25) is 4.79 Å². The number of carbonyl (C=O) groups excluding carboxylic acids is 1. The number of rotatable bonds is 7. The zero-order chi connectivity index (χ0) is 27.6. The molecule has 3 rings (SSSR count). The van der Waals surface area contributed by atoms with Gasteiger partial charge in [-0.2, -0.15) is 34.8 Å². The van der Waals surface area contributed by atoms with Crippen molar-refractivity contribution in [3.63, 3.8) is 0 Å². The summed E-state index contributed by atoms with van der Waals surface area (Å²) in [5.41, 5.74) is -1.73. The number of amides is 1. The van der Waals surface area contributed by atoms with E-state index in [9.17, 15) is 39.6 Å². The fourth-order valence-corrected chi connectivity index (χ4v) is 4.31. The van der Waals surface area contributed by atoms with Gasteiger partial charge < -0.3 is 9.08 Å². The van der Waals surface area contributed by atoms with Crippen LogP contribution in [0.25, 0.3) is 0 Å². The molecule has 37 heavy (non-hydrogen) atoms. The lowest BCUT2D eigenvalue weighted by Gasteiger charge is -2.27. The van der Waals surface area contributed by atoms with Crippen molar-refractivity contribution >= 4 is 16.0 Å². The fraction of sp³-hybridized carbons (Fsp3) is 0.240. The second-order valence-electron chi connectivity index (χ2n) is 8.31. The maximum atomic E-state index is 13.0. The predicted octanol–water partition coefficient (Wildman–Crippen LogP) is 6.54. The molecule has 3 aromatic rings. The number of halogens is 6. The van der Waals surface area contributed by atoms with E-state index in [0.717, 1.165) is 36.4 Å². The molecule has 0 saturated carbocycles. The van der Waals surface area contributed by atoms with Gasteiger partial charge in [0.05, 0.1) is 11.1 Å². The van der Waals surface area contributed by atoms with E-state index < -0.39 is 44.4 Å². The van der Waals surface area contributed by atoms with Gasteiger partial charge in [0.2, 0.25) is 0 Å². The van der Waals surface area contributed by atoms with Gasteiger partial charge in [0.15, 0.2) is 0 Å². The average Bonchev–Trinajstić information content (AvgIpc) is 2.82. The summed E-state index contributed by atoms with van der Waals surface area (Å²) >= 11 is 0. The van der Waals surface area contributed by atoms with Crippen LogP contribution in [0.5, 0.6) is 5.75 Å². The van der Waals surface area contributed by atoms with Crippen LogP contribution in [-0.4, -0.2) is 25.3 Å². The average molecular weight is 546 g/mol. The van der Waals surface area contributed by atoms with E-state index in [0.29, 0.717) is 11.6 Å². The van der Waals surface area contributed by atoms with Crippen LogP contribution >= 0.6 is 0 Å². The molecule has 0 aliphatic carbocycles. The van der Waals surface area contributed by atoms with Gasteiger partial charge in [0.1, 0.15) is 10.6 Å². The molecule has 0 aromatic heterocycles. The number of hydrogen-bond donors (Lipinski definition) is 0. The Morgan fingerprint density at radius 1 is 0.838 bits per heavy atom. The highest BCUT2D eigenvalue weighted by molar-refractivity contribution is 7.87. The highest BCUT2D eigenvalue weighted by atomic mass is 32.2. The first-order valence-corrected chi connectivity index (χ1v) is 12.2. The largest absolute Gasteiger partial charge is 0.416 e. The van der Waals surface area contributed by atoms with Crippen molar-refractivity contribution in [2.75, 3.05) is 0 Å². The summed E-state index contributed by atoms with van der Waals surface area (Å²) in [7, 11) is -4.57. The number of hydrogen-bond acceptors (Lipinski definition) is 4. The van der Waals surface area contributed by atoms with Crippen molar-refractivity contribution in [1.82, 2.24) is 4.90 Å². The Labute approximate surface area is 209 Å². The molecular formula is C25H21F6NO4S. The molecule has 0 bridgehead atoms. The van der Waals surface area contributed by atoms with Crippen molar-refractivity contribution < 1.29 is 43.7 Å². The lowest BCUT2D eigenvalue weighted by Crippen LogP contribution is -2.36. The highest BCUT2D eigenvalue weighted by Gasteiger charge is 2.33. The summed E-state index contributed by atoms with van der Waals surface area (Å²) < 4.78 is 108. The minimum atomic E-state index is -4.74. The molecule has 0 spiro atoms. The van der Waals surface area contributed by atoms with Crippen LogP contribution in [0.1, 0.15) is 40.9 Å². The van der Waals surface area contributed by atoms with E-state index in [1.54, 1.807) is 13.8 Å². The third-order valence-corrected chi connectivity index (χ3v) is 6.50. The minimum Gasteiger partial charge on any atom is -0.379 e. The Hall–Kier alpha value is -3.54. The molecule has 0 unspecified atom stereocenters. The summed E-state index contributed by atoms with van der Waals surface area (Å²) in [6, 6.07) is 12.2. The van der Waals surface area contributed by atoms with Crippen molar-refractivity contribution in [3.8, 4) is 5.75 Å². The quantitative estimate of drug-likeness (QED) is 0.250. The molecule has 5 nitrogen and oxygen atoms in total. The van der Waals surface area contributed by atoms with Crippen molar-refractivity contribution in [2.24, 2.45) is 0 Å². The first kappa shape index (κ1) is 28.0. The Balaban J connectivity index is 1.77. The van der Waals surface area contributed by atoms with Crippen LogP contribution in [0.15, 0.2) is 77.7 Å². The lowest BCUT2D eigenvalue weighted by atomic mass is 10.1. The Kier molecular flexibility index (Phi) is 7.91.